The van der Waals surface area contributed by atoms with Crippen molar-refractivity contribution in [1.82, 2.24) is 24.1 Å². The van der Waals surface area contributed by atoms with Crippen molar-refractivity contribution in [3.05, 3.63) is 63.9 Å². The number of carbonyl (C=O) groups excluding carboxylic acids is 1. The summed E-state index contributed by atoms with van der Waals surface area (Å²) in [6, 6.07) is 13.9. The summed E-state index contributed by atoms with van der Waals surface area (Å²) in [4.78, 5) is 28.8. The van der Waals surface area contributed by atoms with E-state index in [1.54, 1.807) is 4.57 Å². The van der Waals surface area contributed by atoms with Gasteiger partial charge in [0.1, 0.15) is 0 Å². The van der Waals surface area contributed by atoms with Crippen LogP contribution >= 0.6 is 11.8 Å². The van der Waals surface area contributed by atoms with Crippen LogP contribution in [0.25, 0.3) is 22.4 Å². The molecule has 1 amide bonds. The number of hydrogen-bond donors (Lipinski definition) is 0. The Kier molecular flexibility index (Phi) is 6.65. The van der Waals surface area contributed by atoms with Gasteiger partial charge in [0.05, 0.1) is 22.3 Å². The summed E-state index contributed by atoms with van der Waals surface area (Å²) < 4.78 is 3.55. The normalized spacial score (nSPS) is 14.6. The molecule has 1 aliphatic carbocycles. The van der Waals surface area contributed by atoms with Crippen molar-refractivity contribution in [3.63, 3.8) is 0 Å². The molecule has 4 aromatic rings. The van der Waals surface area contributed by atoms with Crippen molar-refractivity contribution in [3.8, 4) is 5.69 Å². The van der Waals surface area contributed by atoms with Crippen LogP contribution in [-0.2, 0) is 4.79 Å². The molecule has 0 N–H and O–H groups in total. The Labute approximate surface area is 209 Å². The van der Waals surface area contributed by atoms with E-state index in [1.807, 2.05) is 65.6 Å². The topological polar surface area (TPSA) is 72.5 Å². The van der Waals surface area contributed by atoms with Crippen molar-refractivity contribution in [2.24, 2.45) is 0 Å². The molecule has 2 aromatic heterocycles. The predicted octanol–water partition coefficient (Wildman–Crippen LogP) is 4.92. The van der Waals surface area contributed by atoms with E-state index in [9.17, 15) is 9.59 Å². The third kappa shape index (κ3) is 4.35. The van der Waals surface area contributed by atoms with Crippen LogP contribution in [0.15, 0.2) is 52.4 Å². The van der Waals surface area contributed by atoms with Crippen molar-refractivity contribution >= 4 is 34.3 Å². The summed E-state index contributed by atoms with van der Waals surface area (Å²) in [7, 11) is 0. The molecule has 1 saturated carbocycles. The van der Waals surface area contributed by atoms with Gasteiger partial charge in [-0.15, -0.1) is 10.2 Å². The summed E-state index contributed by atoms with van der Waals surface area (Å²) in [6.07, 6.45) is 5.82. The number of nitrogens with zero attached hydrogens (tertiary/aromatic N) is 5. The molecule has 182 valence electrons. The average molecular weight is 490 g/mol. The molecule has 7 nitrogen and oxygen atoms in total. The number of hydrogen-bond acceptors (Lipinski definition) is 5. The van der Waals surface area contributed by atoms with Crippen molar-refractivity contribution in [2.45, 2.75) is 64.1 Å². The van der Waals surface area contributed by atoms with Crippen molar-refractivity contribution in [1.29, 1.82) is 0 Å². The van der Waals surface area contributed by atoms with E-state index in [0.717, 1.165) is 41.7 Å². The van der Waals surface area contributed by atoms with Gasteiger partial charge in [-0.2, -0.15) is 0 Å². The number of para-hydroxylation sites is 1. The minimum atomic E-state index is -0.128. The average Bonchev–Trinajstić information content (AvgIpc) is 3.30. The fourth-order valence-corrected chi connectivity index (χ4v) is 6.02. The zero-order chi connectivity index (χ0) is 24.5. The van der Waals surface area contributed by atoms with Crippen LogP contribution in [-0.4, -0.2) is 48.3 Å². The van der Waals surface area contributed by atoms with Gasteiger partial charge in [0, 0.05) is 12.6 Å². The molecule has 0 aliphatic heterocycles. The molecule has 0 bridgehead atoms. The van der Waals surface area contributed by atoms with Crippen LogP contribution in [0, 0.1) is 13.8 Å². The lowest BCUT2D eigenvalue weighted by Crippen LogP contribution is -2.42. The van der Waals surface area contributed by atoms with Crippen LogP contribution in [0.5, 0.6) is 0 Å². The van der Waals surface area contributed by atoms with Gasteiger partial charge in [-0.3, -0.25) is 14.0 Å². The fraction of sp³-hybridized carbons (Fsp3) is 0.407. The molecule has 0 saturated heterocycles. The van der Waals surface area contributed by atoms with Gasteiger partial charge >= 0.3 is 0 Å². The Morgan fingerprint density at radius 3 is 2.63 bits per heavy atom. The van der Waals surface area contributed by atoms with E-state index in [4.69, 9.17) is 0 Å². The zero-order valence-electron chi connectivity index (χ0n) is 20.5. The Hall–Kier alpha value is -3.13. The van der Waals surface area contributed by atoms with Crippen molar-refractivity contribution in [2.75, 3.05) is 12.3 Å². The molecule has 0 radical (unpaired) electrons. The number of benzene rings is 2. The Morgan fingerprint density at radius 2 is 1.86 bits per heavy atom. The first-order chi connectivity index (χ1) is 17.0. The SMILES string of the molecule is CCN(C(=O)CSc1nnc2n(-c3cc(C)ccc3C)c(=O)c3ccccc3n12)C1CCCCC1. The van der Waals surface area contributed by atoms with E-state index in [2.05, 4.69) is 17.1 Å². The van der Waals surface area contributed by atoms with Crippen LogP contribution in [0.2, 0.25) is 0 Å². The monoisotopic (exact) mass is 489 g/mol. The lowest BCUT2D eigenvalue weighted by molar-refractivity contribution is -0.131. The van der Waals surface area contributed by atoms with E-state index in [1.165, 1.54) is 31.0 Å². The van der Waals surface area contributed by atoms with Gasteiger partial charge in [-0.05, 0) is 62.9 Å². The highest BCUT2D eigenvalue weighted by Crippen LogP contribution is 2.27. The molecular weight excluding hydrogens is 458 g/mol. The van der Waals surface area contributed by atoms with Gasteiger partial charge in [0.25, 0.3) is 5.56 Å². The molecule has 2 heterocycles. The second kappa shape index (κ2) is 9.85. The smallest absolute Gasteiger partial charge is 0.267 e. The highest BCUT2D eigenvalue weighted by molar-refractivity contribution is 7.99. The first kappa shape index (κ1) is 23.6. The number of aryl methyl sites for hydroxylation is 2. The molecule has 1 fully saturated rings. The molecule has 2 aromatic carbocycles. The number of thioether (sulfide) groups is 1. The van der Waals surface area contributed by atoms with E-state index >= 15 is 0 Å². The molecule has 5 rings (SSSR count). The Morgan fingerprint density at radius 1 is 1.09 bits per heavy atom. The number of amides is 1. The van der Waals surface area contributed by atoms with Gasteiger partial charge in [0.15, 0.2) is 5.16 Å². The first-order valence-corrected chi connectivity index (χ1v) is 13.4. The zero-order valence-corrected chi connectivity index (χ0v) is 21.3. The number of carbonyl (C=O) groups is 1. The van der Waals surface area contributed by atoms with E-state index < -0.39 is 0 Å². The van der Waals surface area contributed by atoms with Gasteiger partial charge < -0.3 is 4.90 Å². The van der Waals surface area contributed by atoms with Crippen LogP contribution in [0.3, 0.4) is 0 Å². The molecule has 1 aliphatic rings. The largest absolute Gasteiger partial charge is 0.339 e. The van der Waals surface area contributed by atoms with Crippen LogP contribution < -0.4 is 5.56 Å². The second-order valence-corrected chi connectivity index (χ2v) is 10.3. The van der Waals surface area contributed by atoms with E-state index in [0.29, 0.717) is 28.1 Å². The molecule has 0 atom stereocenters. The van der Waals surface area contributed by atoms with E-state index in [-0.39, 0.29) is 11.5 Å². The molecule has 0 spiro atoms. The molecular formula is C27H31N5O2S. The first-order valence-electron chi connectivity index (χ1n) is 12.4. The lowest BCUT2D eigenvalue weighted by atomic mass is 9.94. The number of fused-ring (bicyclic) bond motifs is 3. The Balaban J connectivity index is 1.57. The van der Waals surface area contributed by atoms with Gasteiger partial charge in [-0.25, -0.2) is 4.57 Å². The third-order valence-electron chi connectivity index (χ3n) is 7.00. The highest BCUT2D eigenvalue weighted by Gasteiger charge is 2.25. The minimum absolute atomic E-state index is 0.128. The summed E-state index contributed by atoms with van der Waals surface area (Å²) in [5, 5.41) is 10.1. The fourth-order valence-electron chi connectivity index (χ4n) is 5.19. The van der Waals surface area contributed by atoms with Crippen molar-refractivity contribution < 1.29 is 4.79 Å². The quantitative estimate of drug-likeness (QED) is 0.359. The van der Waals surface area contributed by atoms with Crippen LogP contribution in [0.4, 0.5) is 0 Å². The third-order valence-corrected chi connectivity index (χ3v) is 7.92. The summed E-state index contributed by atoms with van der Waals surface area (Å²) in [5.74, 6) is 0.882. The Bertz CT molecular complexity index is 1450. The number of rotatable bonds is 6. The molecule has 8 heteroatoms. The second-order valence-electron chi connectivity index (χ2n) is 9.33. The maximum atomic E-state index is 13.6. The van der Waals surface area contributed by atoms with Crippen LogP contribution in [0.1, 0.15) is 50.2 Å². The summed E-state index contributed by atoms with van der Waals surface area (Å²) >= 11 is 1.39. The summed E-state index contributed by atoms with van der Waals surface area (Å²) in [5.41, 5.74) is 3.45. The molecule has 35 heavy (non-hydrogen) atoms. The minimum Gasteiger partial charge on any atom is -0.339 e. The maximum absolute atomic E-state index is 13.6. The predicted molar refractivity (Wildman–Crippen MR) is 141 cm³/mol. The number of aromatic nitrogens is 4. The van der Waals surface area contributed by atoms with Gasteiger partial charge in [0.2, 0.25) is 11.7 Å². The standard InChI is InChI=1S/C27H31N5O2S/c1-4-30(20-10-6-5-7-11-20)24(33)17-35-27-29-28-26-31(23-16-18(2)14-15-19(23)3)25(34)21-12-8-9-13-22(21)32(26)27/h8-9,12-16,20H,4-7,10-11,17H2,1-3H3. The molecule has 0 unspecified atom stereocenters. The lowest BCUT2D eigenvalue weighted by Gasteiger charge is -2.33. The highest BCUT2D eigenvalue weighted by atomic mass is 32.2. The maximum Gasteiger partial charge on any atom is 0.267 e. The summed E-state index contributed by atoms with van der Waals surface area (Å²) in [6.45, 7) is 6.77. The van der Waals surface area contributed by atoms with Gasteiger partial charge in [-0.1, -0.05) is 55.3 Å².